The largest absolute Gasteiger partial charge is 0.372 e. The Morgan fingerprint density at radius 1 is 1.18 bits per heavy atom. The Hall–Kier alpha value is -0.670. The van der Waals surface area contributed by atoms with E-state index in [1.807, 2.05) is 0 Å². The summed E-state index contributed by atoms with van der Waals surface area (Å²) >= 11 is 12.1. The Labute approximate surface area is 113 Å². The molecule has 96 valence electrons. The van der Waals surface area contributed by atoms with E-state index < -0.39 is 0 Å². The summed E-state index contributed by atoms with van der Waals surface area (Å²) in [5.74, 6) is 1.28. The molecule has 1 heterocycles. The molecule has 0 saturated carbocycles. The van der Waals surface area contributed by atoms with Crippen LogP contribution in [0.15, 0.2) is 6.07 Å². The Morgan fingerprint density at radius 2 is 1.71 bits per heavy atom. The minimum atomic E-state index is 0.129. The maximum absolute atomic E-state index is 6.12. The van der Waals surface area contributed by atoms with Crippen molar-refractivity contribution in [3.8, 4) is 0 Å². The molecule has 0 aromatic carbocycles. The topological polar surface area (TPSA) is 37.0 Å². The smallest absolute Gasteiger partial charge is 0.147 e. The number of nitrogens with one attached hydrogen (secondary N) is 2. The van der Waals surface area contributed by atoms with E-state index in [1.54, 1.807) is 13.1 Å². The van der Waals surface area contributed by atoms with Crippen LogP contribution in [0, 0.1) is 5.41 Å². The van der Waals surface area contributed by atoms with E-state index in [2.05, 4.69) is 43.3 Å². The third-order valence-electron chi connectivity index (χ3n) is 2.82. The highest BCUT2D eigenvalue weighted by atomic mass is 35.5. The van der Waals surface area contributed by atoms with Crippen molar-refractivity contribution in [2.75, 3.05) is 17.7 Å². The highest BCUT2D eigenvalue weighted by Gasteiger charge is 2.21. The van der Waals surface area contributed by atoms with Crippen LogP contribution in [-0.4, -0.2) is 18.1 Å². The van der Waals surface area contributed by atoms with Gasteiger partial charge < -0.3 is 10.6 Å². The monoisotopic (exact) mass is 275 g/mol. The lowest BCUT2D eigenvalue weighted by molar-refractivity contribution is 0.359. The summed E-state index contributed by atoms with van der Waals surface area (Å²) in [7, 11) is 1.78. The molecule has 2 N–H and O–H groups in total. The molecule has 0 aliphatic carbocycles. The van der Waals surface area contributed by atoms with Gasteiger partial charge in [-0.2, -0.15) is 0 Å². The minimum absolute atomic E-state index is 0.129. The number of anilines is 2. The summed E-state index contributed by atoms with van der Waals surface area (Å²) in [5, 5.41) is 7.30. The van der Waals surface area contributed by atoms with Gasteiger partial charge in [-0.25, -0.2) is 4.98 Å². The average molecular weight is 276 g/mol. The first-order valence-electron chi connectivity index (χ1n) is 5.56. The highest BCUT2D eigenvalue weighted by molar-refractivity contribution is 6.37. The van der Waals surface area contributed by atoms with Crippen molar-refractivity contribution >= 4 is 34.8 Å². The summed E-state index contributed by atoms with van der Waals surface area (Å²) in [6.45, 7) is 8.58. The number of rotatable bonds is 3. The SMILES string of the molecule is CNc1nc(NC(C)C(C)(C)C)c(Cl)cc1Cl. The van der Waals surface area contributed by atoms with Gasteiger partial charge in [-0.1, -0.05) is 44.0 Å². The number of nitrogens with zero attached hydrogens (tertiary/aromatic N) is 1. The van der Waals surface area contributed by atoms with E-state index in [9.17, 15) is 0 Å². The highest BCUT2D eigenvalue weighted by Crippen LogP contribution is 2.31. The molecule has 5 heteroatoms. The molecule has 1 rings (SSSR count). The van der Waals surface area contributed by atoms with Crippen molar-refractivity contribution in [1.29, 1.82) is 0 Å². The van der Waals surface area contributed by atoms with Crippen LogP contribution >= 0.6 is 23.2 Å². The van der Waals surface area contributed by atoms with Crippen LogP contribution < -0.4 is 10.6 Å². The zero-order valence-electron chi connectivity index (χ0n) is 10.9. The number of halogens is 2. The average Bonchev–Trinajstić information content (AvgIpc) is 2.20. The molecule has 0 radical (unpaired) electrons. The Bertz CT molecular complexity index is 399. The van der Waals surface area contributed by atoms with Gasteiger partial charge in [-0.15, -0.1) is 0 Å². The zero-order chi connectivity index (χ0) is 13.2. The van der Waals surface area contributed by atoms with E-state index in [4.69, 9.17) is 23.2 Å². The van der Waals surface area contributed by atoms with Gasteiger partial charge in [0, 0.05) is 13.1 Å². The van der Waals surface area contributed by atoms with Gasteiger partial charge in [-0.05, 0) is 18.4 Å². The molecular weight excluding hydrogens is 257 g/mol. The molecule has 0 amide bonds. The van der Waals surface area contributed by atoms with Gasteiger partial charge in [0.1, 0.15) is 11.6 Å². The Kier molecular flexibility index (Phi) is 4.50. The zero-order valence-corrected chi connectivity index (χ0v) is 12.4. The van der Waals surface area contributed by atoms with Crippen LogP contribution in [0.4, 0.5) is 11.6 Å². The first-order chi connectivity index (χ1) is 7.75. The standard InChI is InChI=1S/C12H19Cl2N3/c1-7(12(2,3)4)16-11-9(14)6-8(13)10(15-5)17-11/h6-7H,1-5H3,(H2,15,16,17). The second-order valence-electron chi connectivity index (χ2n) is 5.13. The van der Waals surface area contributed by atoms with E-state index >= 15 is 0 Å². The maximum atomic E-state index is 6.12. The van der Waals surface area contributed by atoms with Crippen LogP contribution in [0.2, 0.25) is 10.0 Å². The summed E-state index contributed by atoms with van der Waals surface area (Å²) in [5.41, 5.74) is 0.129. The van der Waals surface area contributed by atoms with E-state index in [0.717, 1.165) is 0 Å². The predicted molar refractivity (Wildman–Crippen MR) is 76.3 cm³/mol. The molecule has 1 unspecified atom stereocenters. The molecule has 0 bridgehead atoms. The van der Waals surface area contributed by atoms with Gasteiger partial charge >= 0.3 is 0 Å². The van der Waals surface area contributed by atoms with Crippen LogP contribution in [0.3, 0.4) is 0 Å². The van der Waals surface area contributed by atoms with Crippen LogP contribution in [0.25, 0.3) is 0 Å². The van der Waals surface area contributed by atoms with Crippen LogP contribution in [0.5, 0.6) is 0 Å². The van der Waals surface area contributed by atoms with Crippen LogP contribution in [-0.2, 0) is 0 Å². The van der Waals surface area contributed by atoms with Crippen molar-refractivity contribution in [1.82, 2.24) is 4.98 Å². The lowest BCUT2D eigenvalue weighted by Gasteiger charge is -2.29. The Morgan fingerprint density at radius 3 is 2.18 bits per heavy atom. The summed E-state index contributed by atoms with van der Waals surface area (Å²) in [6, 6.07) is 1.94. The summed E-state index contributed by atoms with van der Waals surface area (Å²) < 4.78 is 0. The van der Waals surface area contributed by atoms with Crippen molar-refractivity contribution in [3.63, 3.8) is 0 Å². The second kappa shape index (κ2) is 5.32. The van der Waals surface area contributed by atoms with E-state index in [1.165, 1.54) is 0 Å². The summed E-state index contributed by atoms with van der Waals surface area (Å²) in [6.07, 6.45) is 0. The maximum Gasteiger partial charge on any atom is 0.147 e. The fourth-order valence-corrected chi connectivity index (χ4v) is 1.67. The number of pyridine rings is 1. The van der Waals surface area contributed by atoms with Crippen molar-refractivity contribution in [2.24, 2.45) is 5.41 Å². The fourth-order valence-electron chi connectivity index (χ4n) is 1.16. The lowest BCUT2D eigenvalue weighted by Crippen LogP contribution is -2.31. The summed E-state index contributed by atoms with van der Waals surface area (Å²) in [4.78, 5) is 4.36. The Balaban J connectivity index is 2.99. The number of hydrogen-bond donors (Lipinski definition) is 2. The quantitative estimate of drug-likeness (QED) is 0.865. The molecule has 1 aromatic heterocycles. The molecule has 0 fully saturated rings. The van der Waals surface area contributed by atoms with Gasteiger partial charge in [0.15, 0.2) is 0 Å². The molecule has 0 spiro atoms. The first kappa shape index (κ1) is 14.4. The third-order valence-corrected chi connectivity index (χ3v) is 3.39. The fraction of sp³-hybridized carbons (Fsp3) is 0.583. The van der Waals surface area contributed by atoms with Crippen LogP contribution in [0.1, 0.15) is 27.7 Å². The number of hydrogen-bond acceptors (Lipinski definition) is 3. The van der Waals surface area contributed by atoms with Gasteiger partial charge in [0.05, 0.1) is 10.0 Å². The molecule has 0 saturated heterocycles. The molecular formula is C12H19Cl2N3. The predicted octanol–water partition coefficient (Wildman–Crippen LogP) is 4.28. The molecule has 1 aromatic rings. The number of aromatic nitrogens is 1. The normalized spacial score (nSPS) is 13.4. The van der Waals surface area contributed by atoms with Gasteiger partial charge in [0.2, 0.25) is 0 Å². The minimum Gasteiger partial charge on any atom is -0.372 e. The molecule has 1 atom stereocenters. The lowest BCUT2D eigenvalue weighted by atomic mass is 9.88. The van der Waals surface area contributed by atoms with Crippen molar-refractivity contribution < 1.29 is 0 Å². The molecule has 17 heavy (non-hydrogen) atoms. The second-order valence-corrected chi connectivity index (χ2v) is 5.95. The first-order valence-corrected chi connectivity index (χ1v) is 6.31. The molecule has 0 aliphatic heterocycles. The van der Waals surface area contributed by atoms with Crippen molar-refractivity contribution in [3.05, 3.63) is 16.1 Å². The third kappa shape index (κ3) is 3.65. The van der Waals surface area contributed by atoms with E-state index in [0.29, 0.717) is 21.7 Å². The van der Waals surface area contributed by atoms with Gasteiger partial charge in [0.25, 0.3) is 0 Å². The van der Waals surface area contributed by atoms with Gasteiger partial charge in [-0.3, -0.25) is 0 Å². The van der Waals surface area contributed by atoms with E-state index in [-0.39, 0.29) is 11.5 Å². The molecule has 3 nitrogen and oxygen atoms in total. The molecule has 0 aliphatic rings. The van der Waals surface area contributed by atoms with Crippen molar-refractivity contribution in [2.45, 2.75) is 33.7 Å².